The molecule has 0 spiro atoms. The number of nitrogens with zero attached hydrogens (tertiary/aromatic N) is 3. The van der Waals surface area contributed by atoms with Gasteiger partial charge in [-0.15, -0.1) is 0 Å². The molecule has 0 aliphatic carbocycles. The van der Waals surface area contributed by atoms with Crippen LogP contribution < -0.4 is 14.5 Å². The van der Waals surface area contributed by atoms with Crippen LogP contribution in [0.5, 0.6) is 5.75 Å². The highest BCUT2D eigenvalue weighted by Gasteiger charge is 2.44. The molecular formula is C23H25N3O4. The molecule has 0 saturated carbocycles. The summed E-state index contributed by atoms with van der Waals surface area (Å²) in [5.74, 6) is 0.176. The second-order valence-corrected chi connectivity index (χ2v) is 7.59. The van der Waals surface area contributed by atoms with Crippen LogP contribution in [-0.4, -0.2) is 61.8 Å². The summed E-state index contributed by atoms with van der Waals surface area (Å²) in [4.78, 5) is 42.8. The van der Waals surface area contributed by atoms with Crippen LogP contribution in [0.4, 0.5) is 11.4 Å². The van der Waals surface area contributed by atoms with Crippen molar-refractivity contribution in [3.63, 3.8) is 0 Å². The maximum atomic E-state index is 13.1. The summed E-state index contributed by atoms with van der Waals surface area (Å²) in [7, 11) is 1.53. The Bertz CT molecular complexity index is 965. The Morgan fingerprint density at radius 2 is 1.63 bits per heavy atom. The molecule has 7 nitrogen and oxygen atoms in total. The summed E-state index contributed by atoms with van der Waals surface area (Å²) in [6.07, 6.45) is 0.185. The van der Waals surface area contributed by atoms with Crippen LogP contribution in [0.25, 0.3) is 0 Å². The molecule has 2 aliphatic rings. The largest absolute Gasteiger partial charge is 0.495 e. The SMILES string of the molecule is COc1ccccc1N1C(=O)C[C@H](N2CCN(c3ccc(C(C)=O)cc3)CC2)C1=O. The highest BCUT2D eigenvalue weighted by atomic mass is 16.5. The lowest BCUT2D eigenvalue weighted by molar-refractivity contribution is -0.123. The lowest BCUT2D eigenvalue weighted by atomic mass is 10.1. The number of anilines is 2. The van der Waals surface area contributed by atoms with Crippen LogP contribution in [0.1, 0.15) is 23.7 Å². The maximum absolute atomic E-state index is 13.1. The Labute approximate surface area is 175 Å². The number of Topliss-reactive ketones (excluding diaryl/α,β-unsaturated/α-hetero) is 1. The molecule has 0 bridgehead atoms. The van der Waals surface area contributed by atoms with E-state index in [9.17, 15) is 14.4 Å². The monoisotopic (exact) mass is 407 g/mol. The zero-order valence-electron chi connectivity index (χ0n) is 17.2. The number of hydrogen-bond donors (Lipinski definition) is 0. The number of imide groups is 1. The number of amides is 2. The molecule has 2 aromatic rings. The molecule has 2 saturated heterocycles. The lowest BCUT2D eigenvalue weighted by Crippen LogP contribution is -2.52. The minimum atomic E-state index is -0.440. The zero-order chi connectivity index (χ0) is 21.3. The van der Waals surface area contributed by atoms with E-state index >= 15 is 0 Å². The highest BCUT2D eigenvalue weighted by Crippen LogP contribution is 2.33. The normalized spacial score (nSPS) is 20.0. The predicted molar refractivity (Wildman–Crippen MR) is 114 cm³/mol. The van der Waals surface area contributed by atoms with Gasteiger partial charge in [0.2, 0.25) is 5.91 Å². The van der Waals surface area contributed by atoms with E-state index in [4.69, 9.17) is 4.74 Å². The van der Waals surface area contributed by atoms with E-state index in [1.165, 1.54) is 12.0 Å². The van der Waals surface area contributed by atoms with Crippen LogP contribution in [0, 0.1) is 0 Å². The number of ketones is 1. The smallest absolute Gasteiger partial charge is 0.251 e. The van der Waals surface area contributed by atoms with Gasteiger partial charge < -0.3 is 9.64 Å². The van der Waals surface area contributed by atoms with Gasteiger partial charge in [-0.1, -0.05) is 12.1 Å². The van der Waals surface area contributed by atoms with E-state index in [0.717, 1.165) is 18.8 Å². The van der Waals surface area contributed by atoms with Crippen molar-refractivity contribution < 1.29 is 19.1 Å². The van der Waals surface area contributed by atoms with Crippen molar-refractivity contribution >= 4 is 29.0 Å². The van der Waals surface area contributed by atoms with Gasteiger partial charge in [0.25, 0.3) is 5.91 Å². The van der Waals surface area contributed by atoms with Gasteiger partial charge in [0.1, 0.15) is 5.75 Å². The second kappa shape index (κ2) is 8.28. The van der Waals surface area contributed by atoms with Gasteiger partial charge in [0, 0.05) is 37.4 Å². The molecule has 156 valence electrons. The van der Waals surface area contributed by atoms with Crippen LogP contribution >= 0.6 is 0 Å². The number of methoxy groups -OCH3 is 1. The van der Waals surface area contributed by atoms with Crippen molar-refractivity contribution in [2.24, 2.45) is 0 Å². The fourth-order valence-corrected chi connectivity index (χ4v) is 4.17. The number of rotatable bonds is 5. The topological polar surface area (TPSA) is 70.2 Å². The molecule has 2 aliphatic heterocycles. The molecule has 0 aromatic heterocycles. The molecule has 2 amide bonds. The van der Waals surface area contributed by atoms with Crippen molar-refractivity contribution in [3.05, 3.63) is 54.1 Å². The van der Waals surface area contributed by atoms with E-state index in [1.54, 1.807) is 25.1 Å². The van der Waals surface area contributed by atoms with Crippen LogP contribution in [0.15, 0.2) is 48.5 Å². The molecular weight excluding hydrogens is 382 g/mol. The molecule has 30 heavy (non-hydrogen) atoms. The first-order valence-corrected chi connectivity index (χ1v) is 10.1. The average molecular weight is 407 g/mol. The number of para-hydroxylation sites is 2. The number of carbonyl (C=O) groups is 3. The van der Waals surface area contributed by atoms with Crippen molar-refractivity contribution in [3.8, 4) is 5.75 Å². The Balaban J connectivity index is 1.43. The predicted octanol–water partition coefficient (Wildman–Crippen LogP) is 2.35. The first-order valence-electron chi connectivity index (χ1n) is 10.1. The van der Waals surface area contributed by atoms with Crippen molar-refractivity contribution in [2.45, 2.75) is 19.4 Å². The van der Waals surface area contributed by atoms with Gasteiger partial charge in [0.15, 0.2) is 5.78 Å². The highest BCUT2D eigenvalue weighted by molar-refractivity contribution is 6.23. The fraction of sp³-hybridized carbons (Fsp3) is 0.348. The van der Waals surface area contributed by atoms with Crippen LogP contribution in [0.2, 0.25) is 0 Å². The summed E-state index contributed by atoms with van der Waals surface area (Å²) in [6, 6.07) is 14.3. The fourth-order valence-electron chi connectivity index (χ4n) is 4.17. The van der Waals surface area contributed by atoms with E-state index in [0.29, 0.717) is 30.1 Å². The molecule has 1 atom stereocenters. The standard InChI is InChI=1S/C23H25N3O4/c1-16(27)17-7-9-18(10-8-17)24-11-13-25(14-12-24)20-15-22(28)26(23(20)29)19-5-3-4-6-21(19)30-2/h3-10,20H,11-15H2,1-2H3/t20-/m0/s1. The lowest BCUT2D eigenvalue weighted by Gasteiger charge is -2.38. The summed E-state index contributed by atoms with van der Waals surface area (Å²) in [6.45, 7) is 4.45. The van der Waals surface area contributed by atoms with E-state index < -0.39 is 6.04 Å². The first kappa shape index (κ1) is 20.1. The molecule has 2 fully saturated rings. The maximum Gasteiger partial charge on any atom is 0.251 e. The third-order valence-electron chi connectivity index (χ3n) is 5.84. The Hall–Kier alpha value is -3.19. The van der Waals surface area contributed by atoms with E-state index in [2.05, 4.69) is 9.80 Å². The minimum absolute atomic E-state index is 0.0513. The summed E-state index contributed by atoms with van der Waals surface area (Å²) in [5, 5.41) is 0. The zero-order valence-corrected chi connectivity index (χ0v) is 17.2. The molecule has 0 N–H and O–H groups in total. The van der Waals surface area contributed by atoms with Gasteiger partial charge in [-0.3, -0.25) is 19.3 Å². The van der Waals surface area contributed by atoms with Gasteiger partial charge in [-0.2, -0.15) is 0 Å². The van der Waals surface area contributed by atoms with E-state index in [1.807, 2.05) is 30.3 Å². The molecule has 0 radical (unpaired) electrons. The quantitative estimate of drug-likeness (QED) is 0.560. The molecule has 2 heterocycles. The molecule has 0 unspecified atom stereocenters. The summed E-state index contributed by atoms with van der Waals surface area (Å²) >= 11 is 0. The first-order chi connectivity index (χ1) is 14.5. The Morgan fingerprint density at radius 3 is 2.27 bits per heavy atom. The summed E-state index contributed by atoms with van der Waals surface area (Å²) in [5.41, 5.74) is 2.26. The number of hydrogen-bond acceptors (Lipinski definition) is 6. The van der Waals surface area contributed by atoms with Crippen molar-refractivity contribution in [1.82, 2.24) is 4.90 Å². The Kier molecular flexibility index (Phi) is 5.55. The number of benzene rings is 2. The van der Waals surface area contributed by atoms with Gasteiger partial charge in [0.05, 0.1) is 25.3 Å². The third-order valence-corrected chi connectivity index (χ3v) is 5.84. The number of carbonyl (C=O) groups excluding carboxylic acids is 3. The van der Waals surface area contributed by atoms with Gasteiger partial charge >= 0.3 is 0 Å². The average Bonchev–Trinajstić information content (AvgIpc) is 3.07. The Morgan fingerprint density at radius 1 is 0.967 bits per heavy atom. The van der Waals surface area contributed by atoms with Crippen LogP contribution in [0.3, 0.4) is 0 Å². The molecule has 4 rings (SSSR count). The van der Waals surface area contributed by atoms with Crippen molar-refractivity contribution in [1.29, 1.82) is 0 Å². The minimum Gasteiger partial charge on any atom is -0.495 e. The van der Waals surface area contributed by atoms with Crippen LogP contribution in [-0.2, 0) is 9.59 Å². The number of ether oxygens (including phenoxy) is 1. The summed E-state index contributed by atoms with van der Waals surface area (Å²) < 4.78 is 5.33. The third kappa shape index (κ3) is 3.68. The second-order valence-electron chi connectivity index (χ2n) is 7.59. The van der Waals surface area contributed by atoms with E-state index in [-0.39, 0.29) is 24.0 Å². The molecule has 7 heteroatoms. The van der Waals surface area contributed by atoms with Crippen molar-refractivity contribution in [2.75, 3.05) is 43.1 Å². The van der Waals surface area contributed by atoms with Gasteiger partial charge in [-0.05, 0) is 43.3 Å². The van der Waals surface area contributed by atoms with Gasteiger partial charge in [-0.25, -0.2) is 4.90 Å². The number of piperazine rings is 1. The molecule has 2 aromatic carbocycles.